The molecule has 1 aliphatic heterocycles. The van der Waals surface area contributed by atoms with Crippen LogP contribution in [-0.2, 0) is 6.18 Å². The second-order valence-electron chi connectivity index (χ2n) is 6.35. The highest BCUT2D eigenvalue weighted by Crippen LogP contribution is 2.31. The molecule has 2 N–H and O–H groups in total. The first kappa shape index (κ1) is 19.3. The Labute approximate surface area is 155 Å². The van der Waals surface area contributed by atoms with Crippen molar-refractivity contribution in [1.29, 1.82) is 0 Å². The number of benzene rings is 1. The summed E-state index contributed by atoms with van der Waals surface area (Å²) < 4.78 is 38.5. The smallest absolute Gasteiger partial charge is 0.351 e. The number of nitrogens with zero attached hydrogens (tertiary/aromatic N) is 2. The summed E-state index contributed by atoms with van der Waals surface area (Å²) in [5.41, 5.74) is 0.460. The standard InChI is InChI=1S/C19H21F3N4O/c20-19(21,22)16-5-6-24-17(13-16)14-1-3-15(4-2-14)18(27)25-9-12-26-10-7-23-8-11-26/h1-6,13,23H,7-12H2,(H,25,27). The molecule has 5 nitrogen and oxygen atoms in total. The number of amides is 1. The third-order valence-corrected chi connectivity index (χ3v) is 4.45. The lowest BCUT2D eigenvalue weighted by molar-refractivity contribution is -0.137. The van der Waals surface area contributed by atoms with Crippen molar-refractivity contribution in [2.75, 3.05) is 39.3 Å². The van der Waals surface area contributed by atoms with Crippen molar-refractivity contribution in [3.05, 3.63) is 53.7 Å². The highest BCUT2D eigenvalue weighted by Gasteiger charge is 2.30. The fraction of sp³-hybridized carbons (Fsp3) is 0.368. The fourth-order valence-electron chi connectivity index (χ4n) is 2.92. The molecular weight excluding hydrogens is 357 g/mol. The van der Waals surface area contributed by atoms with Gasteiger partial charge in [0.1, 0.15) is 0 Å². The molecule has 1 aliphatic rings. The number of piperazine rings is 1. The highest BCUT2D eigenvalue weighted by molar-refractivity contribution is 5.94. The van der Waals surface area contributed by atoms with E-state index in [9.17, 15) is 18.0 Å². The second kappa shape index (κ2) is 8.49. The van der Waals surface area contributed by atoms with Gasteiger partial charge in [-0.1, -0.05) is 12.1 Å². The number of pyridine rings is 1. The van der Waals surface area contributed by atoms with Gasteiger partial charge in [-0.05, 0) is 24.3 Å². The molecule has 0 unspecified atom stereocenters. The average Bonchev–Trinajstić information content (AvgIpc) is 2.68. The normalized spacial score (nSPS) is 15.5. The van der Waals surface area contributed by atoms with Crippen LogP contribution in [0.15, 0.2) is 42.6 Å². The van der Waals surface area contributed by atoms with Gasteiger partial charge in [0.2, 0.25) is 0 Å². The van der Waals surface area contributed by atoms with Crippen LogP contribution in [0, 0.1) is 0 Å². The maximum atomic E-state index is 12.8. The van der Waals surface area contributed by atoms with E-state index in [2.05, 4.69) is 20.5 Å². The van der Waals surface area contributed by atoms with E-state index in [0.717, 1.165) is 51.1 Å². The Morgan fingerprint density at radius 3 is 2.52 bits per heavy atom. The second-order valence-corrected chi connectivity index (χ2v) is 6.35. The number of hydrogen-bond acceptors (Lipinski definition) is 4. The Balaban J connectivity index is 1.59. The molecule has 144 valence electrons. The van der Waals surface area contributed by atoms with Gasteiger partial charge >= 0.3 is 6.18 Å². The summed E-state index contributed by atoms with van der Waals surface area (Å²) in [6, 6.07) is 8.34. The van der Waals surface area contributed by atoms with Gasteiger partial charge in [0, 0.05) is 56.6 Å². The van der Waals surface area contributed by atoms with Gasteiger partial charge in [-0.2, -0.15) is 13.2 Å². The molecule has 1 aromatic carbocycles. The summed E-state index contributed by atoms with van der Waals surface area (Å²) in [4.78, 5) is 18.5. The molecule has 0 saturated carbocycles. The summed E-state index contributed by atoms with van der Waals surface area (Å²) in [5, 5.41) is 6.14. The summed E-state index contributed by atoms with van der Waals surface area (Å²) in [5.74, 6) is -0.200. The molecule has 0 spiro atoms. The third-order valence-electron chi connectivity index (χ3n) is 4.45. The van der Waals surface area contributed by atoms with E-state index in [1.807, 2.05) is 0 Å². The van der Waals surface area contributed by atoms with Gasteiger partial charge in [-0.3, -0.25) is 14.7 Å². The number of aromatic nitrogens is 1. The minimum Gasteiger partial charge on any atom is -0.351 e. The number of alkyl halides is 3. The van der Waals surface area contributed by atoms with Crippen LogP contribution in [0.4, 0.5) is 13.2 Å². The molecule has 8 heteroatoms. The molecule has 1 aromatic heterocycles. The number of halogens is 3. The molecule has 1 saturated heterocycles. The zero-order valence-corrected chi connectivity index (χ0v) is 14.7. The minimum absolute atomic E-state index is 0.200. The SMILES string of the molecule is O=C(NCCN1CCNCC1)c1ccc(-c2cc(C(F)(F)F)ccn2)cc1. The van der Waals surface area contributed by atoms with Crippen molar-refractivity contribution >= 4 is 5.91 Å². The van der Waals surface area contributed by atoms with Gasteiger partial charge in [-0.25, -0.2) is 0 Å². The lowest BCUT2D eigenvalue weighted by Crippen LogP contribution is -2.46. The van der Waals surface area contributed by atoms with Crippen LogP contribution in [-0.4, -0.2) is 55.1 Å². The van der Waals surface area contributed by atoms with E-state index in [1.165, 1.54) is 0 Å². The fourth-order valence-corrected chi connectivity index (χ4v) is 2.92. The first-order chi connectivity index (χ1) is 12.9. The lowest BCUT2D eigenvalue weighted by Gasteiger charge is -2.27. The minimum atomic E-state index is -4.41. The van der Waals surface area contributed by atoms with E-state index in [0.29, 0.717) is 17.7 Å². The van der Waals surface area contributed by atoms with Crippen molar-refractivity contribution in [3.63, 3.8) is 0 Å². The van der Waals surface area contributed by atoms with Crippen molar-refractivity contribution in [1.82, 2.24) is 20.5 Å². The molecule has 0 bridgehead atoms. The number of hydrogen-bond donors (Lipinski definition) is 2. The molecule has 27 heavy (non-hydrogen) atoms. The first-order valence-corrected chi connectivity index (χ1v) is 8.78. The Kier molecular flexibility index (Phi) is 6.08. The van der Waals surface area contributed by atoms with E-state index in [4.69, 9.17) is 0 Å². The van der Waals surface area contributed by atoms with Crippen molar-refractivity contribution in [2.24, 2.45) is 0 Å². The highest BCUT2D eigenvalue weighted by atomic mass is 19.4. The predicted molar refractivity (Wildman–Crippen MR) is 96.3 cm³/mol. The molecular formula is C19H21F3N4O. The van der Waals surface area contributed by atoms with Crippen molar-refractivity contribution < 1.29 is 18.0 Å². The third kappa shape index (κ3) is 5.27. The van der Waals surface area contributed by atoms with Gasteiger partial charge in [0.25, 0.3) is 5.91 Å². The van der Waals surface area contributed by atoms with Crippen LogP contribution >= 0.6 is 0 Å². The summed E-state index contributed by atoms with van der Waals surface area (Å²) >= 11 is 0. The number of carbonyl (C=O) groups is 1. The number of rotatable bonds is 5. The van der Waals surface area contributed by atoms with E-state index >= 15 is 0 Å². The molecule has 1 fully saturated rings. The quantitative estimate of drug-likeness (QED) is 0.839. The Hall–Kier alpha value is -2.45. The molecule has 1 amide bonds. The lowest BCUT2D eigenvalue weighted by atomic mass is 10.1. The van der Waals surface area contributed by atoms with E-state index < -0.39 is 11.7 Å². The van der Waals surface area contributed by atoms with Gasteiger partial charge in [0.05, 0.1) is 11.3 Å². The van der Waals surface area contributed by atoms with E-state index in [1.54, 1.807) is 24.3 Å². The zero-order chi connectivity index (χ0) is 19.3. The summed E-state index contributed by atoms with van der Waals surface area (Å²) in [6.45, 7) is 5.19. The van der Waals surface area contributed by atoms with Gasteiger partial charge in [0.15, 0.2) is 0 Å². The Bertz CT molecular complexity index is 771. The van der Waals surface area contributed by atoms with Crippen LogP contribution in [0.25, 0.3) is 11.3 Å². The maximum absolute atomic E-state index is 12.8. The van der Waals surface area contributed by atoms with Crippen molar-refractivity contribution in [3.8, 4) is 11.3 Å². The van der Waals surface area contributed by atoms with Gasteiger partial charge in [-0.15, -0.1) is 0 Å². The Morgan fingerprint density at radius 1 is 1.15 bits per heavy atom. The van der Waals surface area contributed by atoms with Crippen LogP contribution < -0.4 is 10.6 Å². The topological polar surface area (TPSA) is 57.3 Å². The van der Waals surface area contributed by atoms with Gasteiger partial charge < -0.3 is 10.6 Å². The van der Waals surface area contributed by atoms with Crippen LogP contribution in [0.1, 0.15) is 15.9 Å². The molecule has 2 heterocycles. The molecule has 0 aliphatic carbocycles. The number of carbonyl (C=O) groups excluding carboxylic acids is 1. The monoisotopic (exact) mass is 378 g/mol. The maximum Gasteiger partial charge on any atom is 0.416 e. The summed E-state index contributed by atoms with van der Waals surface area (Å²) in [6.07, 6.45) is -3.28. The molecule has 0 atom stereocenters. The summed E-state index contributed by atoms with van der Waals surface area (Å²) in [7, 11) is 0. The predicted octanol–water partition coefficient (Wildman–Crippen LogP) is 2.40. The average molecular weight is 378 g/mol. The molecule has 0 radical (unpaired) electrons. The van der Waals surface area contributed by atoms with Crippen LogP contribution in [0.3, 0.4) is 0 Å². The largest absolute Gasteiger partial charge is 0.416 e. The van der Waals surface area contributed by atoms with Crippen LogP contribution in [0.5, 0.6) is 0 Å². The van der Waals surface area contributed by atoms with Crippen LogP contribution in [0.2, 0.25) is 0 Å². The first-order valence-electron chi connectivity index (χ1n) is 8.78. The Morgan fingerprint density at radius 2 is 1.85 bits per heavy atom. The van der Waals surface area contributed by atoms with E-state index in [-0.39, 0.29) is 11.6 Å². The molecule has 2 aromatic rings. The zero-order valence-electron chi connectivity index (χ0n) is 14.7. The molecule has 3 rings (SSSR count). The van der Waals surface area contributed by atoms with Crippen molar-refractivity contribution in [2.45, 2.75) is 6.18 Å². The number of nitrogens with one attached hydrogen (secondary N) is 2.